The first-order valence-corrected chi connectivity index (χ1v) is 7.80. The zero-order valence-corrected chi connectivity index (χ0v) is 13.5. The van der Waals surface area contributed by atoms with Gasteiger partial charge in [-0.15, -0.1) is 0 Å². The Bertz CT molecular complexity index is 832. The molecule has 5 heteroatoms. The number of hydrogen-bond donors (Lipinski definition) is 1. The summed E-state index contributed by atoms with van der Waals surface area (Å²) in [6.45, 7) is 0.469. The molecule has 0 bridgehead atoms. The van der Waals surface area contributed by atoms with Gasteiger partial charge < -0.3 is 10.1 Å². The smallest absolute Gasteiger partial charge is 0.248 e. The van der Waals surface area contributed by atoms with Crippen molar-refractivity contribution in [3.05, 3.63) is 90.5 Å². The summed E-state index contributed by atoms with van der Waals surface area (Å²) in [6, 6.07) is 14.9. The van der Waals surface area contributed by atoms with Gasteiger partial charge in [-0.3, -0.25) is 14.8 Å². The summed E-state index contributed by atoms with van der Waals surface area (Å²) in [5, 5.41) is 2.74. The van der Waals surface area contributed by atoms with Gasteiger partial charge in [0.25, 0.3) is 0 Å². The molecule has 1 aromatic carbocycles. The summed E-state index contributed by atoms with van der Waals surface area (Å²) in [5.74, 6) is 0.561. The Morgan fingerprint density at radius 3 is 2.44 bits per heavy atom. The van der Waals surface area contributed by atoms with Gasteiger partial charge in [0.1, 0.15) is 12.4 Å². The number of ether oxygens (including phenoxy) is 1. The van der Waals surface area contributed by atoms with Crippen molar-refractivity contribution in [1.29, 1.82) is 0 Å². The second-order valence-electron chi connectivity index (χ2n) is 5.28. The van der Waals surface area contributed by atoms with Crippen LogP contribution in [0.5, 0.6) is 5.75 Å². The minimum absolute atomic E-state index is 0.204. The number of anilines is 1. The first kappa shape index (κ1) is 16.4. The fourth-order valence-electron chi connectivity index (χ4n) is 2.12. The predicted octanol–water partition coefficient (Wildman–Crippen LogP) is 3.71. The lowest BCUT2D eigenvalue weighted by atomic mass is 10.2. The Balaban J connectivity index is 1.52. The Labute approximate surface area is 146 Å². The van der Waals surface area contributed by atoms with Gasteiger partial charge in [0, 0.05) is 30.2 Å². The van der Waals surface area contributed by atoms with E-state index in [1.54, 1.807) is 43.0 Å². The van der Waals surface area contributed by atoms with E-state index in [-0.39, 0.29) is 5.91 Å². The van der Waals surface area contributed by atoms with Crippen LogP contribution in [0.3, 0.4) is 0 Å². The number of nitrogens with zero attached hydrogens (tertiary/aromatic N) is 2. The number of carbonyl (C=O) groups excluding carboxylic acids is 1. The van der Waals surface area contributed by atoms with Gasteiger partial charge >= 0.3 is 0 Å². The topological polar surface area (TPSA) is 64.1 Å². The van der Waals surface area contributed by atoms with Crippen LogP contribution in [0.2, 0.25) is 0 Å². The fourth-order valence-corrected chi connectivity index (χ4v) is 2.12. The van der Waals surface area contributed by atoms with Crippen LogP contribution in [-0.2, 0) is 11.4 Å². The highest BCUT2D eigenvalue weighted by atomic mass is 16.5. The largest absolute Gasteiger partial charge is 0.489 e. The van der Waals surface area contributed by atoms with E-state index >= 15 is 0 Å². The molecule has 5 nitrogen and oxygen atoms in total. The molecule has 0 aliphatic carbocycles. The van der Waals surface area contributed by atoms with E-state index in [1.807, 2.05) is 36.4 Å². The Kier molecular flexibility index (Phi) is 5.51. The van der Waals surface area contributed by atoms with Crippen molar-refractivity contribution in [1.82, 2.24) is 9.97 Å². The molecule has 1 amide bonds. The van der Waals surface area contributed by atoms with Gasteiger partial charge in [-0.25, -0.2) is 0 Å². The predicted molar refractivity (Wildman–Crippen MR) is 96.9 cm³/mol. The molecule has 0 unspecified atom stereocenters. The minimum atomic E-state index is -0.204. The highest BCUT2D eigenvalue weighted by Gasteiger charge is 1.98. The summed E-state index contributed by atoms with van der Waals surface area (Å²) in [6.07, 6.45) is 9.99. The van der Waals surface area contributed by atoms with Gasteiger partial charge in [-0.05, 0) is 42.0 Å². The monoisotopic (exact) mass is 331 g/mol. The first-order chi connectivity index (χ1) is 12.3. The Hall–Kier alpha value is -3.47. The number of aromatic nitrogens is 2. The molecule has 124 valence electrons. The van der Waals surface area contributed by atoms with Crippen molar-refractivity contribution >= 4 is 17.7 Å². The second kappa shape index (κ2) is 8.40. The van der Waals surface area contributed by atoms with Crippen LogP contribution in [-0.4, -0.2) is 15.9 Å². The van der Waals surface area contributed by atoms with E-state index in [0.29, 0.717) is 12.3 Å². The van der Waals surface area contributed by atoms with Crippen molar-refractivity contribution in [3.8, 4) is 5.75 Å². The number of benzene rings is 1. The lowest BCUT2D eigenvalue weighted by Crippen LogP contribution is -2.07. The Morgan fingerprint density at radius 1 is 1.00 bits per heavy atom. The van der Waals surface area contributed by atoms with Gasteiger partial charge in [0.05, 0.1) is 11.9 Å². The van der Waals surface area contributed by atoms with Crippen LogP contribution in [0, 0.1) is 0 Å². The highest BCUT2D eigenvalue weighted by Crippen LogP contribution is 2.15. The third-order valence-corrected chi connectivity index (χ3v) is 3.36. The maximum atomic E-state index is 11.9. The summed E-state index contributed by atoms with van der Waals surface area (Å²) in [7, 11) is 0. The number of nitrogens with one attached hydrogen (secondary N) is 1. The molecule has 0 atom stereocenters. The molecule has 0 fully saturated rings. The molecule has 0 spiro atoms. The number of rotatable bonds is 6. The van der Waals surface area contributed by atoms with Crippen LogP contribution < -0.4 is 10.1 Å². The first-order valence-electron chi connectivity index (χ1n) is 7.80. The average molecular weight is 331 g/mol. The summed E-state index contributed by atoms with van der Waals surface area (Å²) < 4.78 is 5.70. The molecule has 3 aromatic rings. The van der Waals surface area contributed by atoms with Gasteiger partial charge in [-0.1, -0.05) is 18.2 Å². The third-order valence-electron chi connectivity index (χ3n) is 3.36. The molecule has 0 saturated heterocycles. The van der Waals surface area contributed by atoms with Gasteiger partial charge in [0.15, 0.2) is 0 Å². The van der Waals surface area contributed by atoms with Crippen molar-refractivity contribution < 1.29 is 9.53 Å². The molecular formula is C20H17N3O2. The van der Waals surface area contributed by atoms with Crippen LogP contribution in [0.25, 0.3) is 6.08 Å². The number of pyridine rings is 2. The van der Waals surface area contributed by atoms with E-state index in [1.165, 1.54) is 6.08 Å². The second-order valence-corrected chi connectivity index (χ2v) is 5.28. The minimum Gasteiger partial charge on any atom is -0.489 e. The Morgan fingerprint density at radius 2 is 1.76 bits per heavy atom. The molecule has 0 aliphatic rings. The fraction of sp³-hybridized carbons (Fsp3) is 0.0500. The number of hydrogen-bond acceptors (Lipinski definition) is 4. The van der Waals surface area contributed by atoms with E-state index in [4.69, 9.17) is 4.74 Å². The van der Waals surface area contributed by atoms with E-state index < -0.39 is 0 Å². The maximum absolute atomic E-state index is 11.9. The van der Waals surface area contributed by atoms with Crippen molar-refractivity contribution in [2.24, 2.45) is 0 Å². The van der Waals surface area contributed by atoms with Crippen molar-refractivity contribution in [2.75, 3.05) is 5.32 Å². The summed E-state index contributed by atoms with van der Waals surface area (Å²) in [5.41, 5.74) is 2.59. The zero-order valence-electron chi connectivity index (χ0n) is 13.5. The quantitative estimate of drug-likeness (QED) is 0.699. The summed E-state index contributed by atoms with van der Waals surface area (Å²) >= 11 is 0. The van der Waals surface area contributed by atoms with Crippen molar-refractivity contribution in [3.63, 3.8) is 0 Å². The van der Waals surface area contributed by atoms with E-state index in [0.717, 1.165) is 16.9 Å². The SMILES string of the molecule is O=C(/C=C\c1ccc(OCc2cccnc2)cc1)Nc1cccnc1. The molecule has 0 saturated carbocycles. The van der Waals surface area contributed by atoms with E-state index in [9.17, 15) is 4.79 Å². The van der Waals surface area contributed by atoms with Crippen molar-refractivity contribution in [2.45, 2.75) is 6.61 Å². The van der Waals surface area contributed by atoms with Gasteiger partial charge in [0.2, 0.25) is 5.91 Å². The molecule has 0 radical (unpaired) electrons. The molecule has 2 aromatic heterocycles. The molecule has 3 rings (SSSR count). The van der Waals surface area contributed by atoms with E-state index in [2.05, 4.69) is 15.3 Å². The number of amides is 1. The standard InChI is InChI=1S/C20H17N3O2/c24-20(23-18-4-2-12-22-14-18)10-7-16-5-8-19(9-6-16)25-15-17-3-1-11-21-13-17/h1-14H,15H2,(H,23,24)/b10-7-. The normalized spacial score (nSPS) is 10.6. The van der Waals surface area contributed by atoms with Crippen LogP contribution >= 0.6 is 0 Å². The molecule has 0 aliphatic heterocycles. The molecule has 25 heavy (non-hydrogen) atoms. The van der Waals surface area contributed by atoms with Crippen LogP contribution in [0.1, 0.15) is 11.1 Å². The molecule has 1 N–H and O–H groups in total. The summed E-state index contributed by atoms with van der Waals surface area (Å²) in [4.78, 5) is 19.9. The van der Waals surface area contributed by atoms with Crippen LogP contribution in [0.4, 0.5) is 5.69 Å². The maximum Gasteiger partial charge on any atom is 0.248 e. The number of carbonyl (C=O) groups is 1. The highest BCUT2D eigenvalue weighted by molar-refractivity contribution is 6.01. The lowest BCUT2D eigenvalue weighted by molar-refractivity contribution is -0.111. The lowest BCUT2D eigenvalue weighted by Gasteiger charge is -2.06. The molecule has 2 heterocycles. The van der Waals surface area contributed by atoms with Crippen LogP contribution in [0.15, 0.2) is 79.4 Å². The third kappa shape index (κ3) is 5.28. The molecular weight excluding hydrogens is 314 g/mol. The average Bonchev–Trinajstić information content (AvgIpc) is 2.67. The zero-order chi connectivity index (χ0) is 17.3. The van der Waals surface area contributed by atoms with Gasteiger partial charge in [-0.2, -0.15) is 0 Å².